The minimum absolute atomic E-state index is 0.191. The van der Waals surface area contributed by atoms with E-state index in [0.29, 0.717) is 24.3 Å². The van der Waals surface area contributed by atoms with E-state index in [2.05, 4.69) is 27.5 Å². The van der Waals surface area contributed by atoms with Gasteiger partial charge in [0.05, 0.1) is 11.8 Å². The second-order valence-electron chi connectivity index (χ2n) is 8.01. The second kappa shape index (κ2) is 8.01. The van der Waals surface area contributed by atoms with Crippen molar-refractivity contribution in [2.24, 2.45) is 5.73 Å². The van der Waals surface area contributed by atoms with Crippen molar-refractivity contribution in [1.29, 1.82) is 0 Å². The molecule has 1 fully saturated rings. The molecule has 170 valence electrons. The van der Waals surface area contributed by atoms with Gasteiger partial charge in [-0.2, -0.15) is 5.10 Å². The Labute approximate surface area is 193 Å². The first-order valence-corrected chi connectivity index (χ1v) is 11.2. The number of carbonyl (C=O) groups excluding carboxylic acids is 2. The Morgan fingerprint density at radius 3 is 2.85 bits per heavy atom. The number of primary amides is 1. The van der Waals surface area contributed by atoms with Gasteiger partial charge in [-0.05, 0) is 36.1 Å². The molecule has 11 heteroatoms. The van der Waals surface area contributed by atoms with E-state index >= 15 is 0 Å². The van der Waals surface area contributed by atoms with Crippen molar-refractivity contribution in [2.45, 2.75) is 13.0 Å². The number of hydrogen-bond acceptors (Lipinski definition) is 8. The maximum atomic E-state index is 13.5. The number of fused-ring (bicyclic) bond motifs is 2. The summed E-state index contributed by atoms with van der Waals surface area (Å²) in [6, 6.07) is 7.33. The van der Waals surface area contributed by atoms with E-state index in [4.69, 9.17) is 16.2 Å². The molecule has 5 N–H and O–H groups in total. The van der Waals surface area contributed by atoms with Crippen molar-refractivity contribution < 1.29 is 14.3 Å². The van der Waals surface area contributed by atoms with Gasteiger partial charge in [-0.3, -0.25) is 9.59 Å². The predicted molar refractivity (Wildman–Crippen MR) is 126 cm³/mol. The lowest BCUT2D eigenvalue weighted by atomic mass is 10.1. The van der Waals surface area contributed by atoms with Crippen LogP contribution in [-0.2, 0) is 4.79 Å². The molecule has 2 amide bonds. The van der Waals surface area contributed by atoms with Crippen LogP contribution in [0.4, 0.5) is 5.82 Å². The molecule has 1 aliphatic heterocycles. The fraction of sp³-hybridized carbons (Fsp3) is 0.273. The molecule has 1 aromatic carbocycles. The third-order valence-electron chi connectivity index (χ3n) is 5.82. The van der Waals surface area contributed by atoms with E-state index in [0.717, 1.165) is 31.8 Å². The summed E-state index contributed by atoms with van der Waals surface area (Å²) in [5.41, 5.74) is 14.4. The molecule has 1 atom stereocenters. The normalized spacial score (nSPS) is 16.4. The monoisotopic (exact) mass is 465 g/mol. The minimum Gasteiger partial charge on any atom is -0.495 e. The highest BCUT2D eigenvalue weighted by atomic mass is 32.1. The van der Waals surface area contributed by atoms with E-state index in [9.17, 15) is 9.59 Å². The number of methoxy groups -OCH3 is 1. The molecule has 0 bridgehead atoms. The van der Waals surface area contributed by atoms with Gasteiger partial charge in [0.1, 0.15) is 29.3 Å². The zero-order valence-corrected chi connectivity index (χ0v) is 19.0. The maximum Gasteiger partial charge on any atom is 0.272 e. The van der Waals surface area contributed by atoms with Crippen LogP contribution in [0.15, 0.2) is 30.6 Å². The van der Waals surface area contributed by atoms with Crippen LogP contribution < -0.4 is 21.5 Å². The number of nitrogen functional groups attached to an aromatic ring is 1. The summed E-state index contributed by atoms with van der Waals surface area (Å²) in [6.45, 7) is 3.13. The number of nitrogens with zero attached hydrogens (tertiary/aromatic N) is 4. The molecular formula is C22H23N7O3S. The number of nitrogens with one attached hydrogen (secondary N) is 1. The van der Waals surface area contributed by atoms with Crippen molar-refractivity contribution in [3.63, 3.8) is 0 Å². The number of benzene rings is 1. The average Bonchev–Trinajstić information content (AvgIpc) is 3.40. The van der Waals surface area contributed by atoms with E-state index in [1.165, 1.54) is 10.8 Å². The summed E-state index contributed by atoms with van der Waals surface area (Å²) in [5, 5.41) is 8.38. The number of anilines is 1. The molecule has 4 heterocycles. The number of aryl methyl sites for hydroxylation is 1. The molecule has 0 radical (unpaired) electrons. The largest absolute Gasteiger partial charge is 0.495 e. The Kier molecular flexibility index (Phi) is 5.14. The summed E-state index contributed by atoms with van der Waals surface area (Å²) < 4.78 is 8.10. The van der Waals surface area contributed by atoms with Gasteiger partial charge < -0.3 is 26.4 Å². The van der Waals surface area contributed by atoms with Crippen molar-refractivity contribution in [3.05, 3.63) is 41.9 Å². The molecule has 3 aromatic heterocycles. The van der Waals surface area contributed by atoms with Gasteiger partial charge in [-0.25, -0.2) is 9.50 Å². The SMILES string of the molecule is COc1cc(C)cc2cc(-c3cc(C(=O)N4CCNC(C(N)=O)C4)n4ncnc(N)c34)sc12. The molecule has 10 nitrogen and oxygen atoms in total. The van der Waals surface area contributed by atoms with Crippen LogP contribution >= 0.6 is 11.3 Å². The van der Waals surface area contributed by atoms with Gasteiger partial charge in [-0.15, -0.1) is 11.3 Å². The molecule has 1 unspecified atom stereocenters. The molecule has 1 aliphatic rings. The van der Waals surface area contributed by atoms with E-state index < -0.39 is 11.9 Å². The van der Waals surface area contributed by atoms with Crippen LogP contribution in [0.3, 0.4) is 0 Å². The standard InChI is InChI=1S/C22H23N7O3S/c1-11-5-12-7-17(33-19(12)16(6-11)32-2)13-8-15(29-18(13)20(23)26-10-27-29)22(31)28-4-3-25-14(9-28)21(24)30/h5-8,10,14,25H,3-4,9H2,1-2H3,(H2,24,30)(H2,23,26,27). The van der Waals surface area contributed by atoms with Crippen molar-refractivity contribution in [3.8, 4) is 16.2 Å². The summed E-state index contributed by atoms with van der Waals surface area (Å²) in [5.74, 6) is 0.324. The zero-order valence-electron chi connectivity index (χ0n) is 18.2. The van der Waals surface area contributed by atoms with Gasteiger partial charge in [0.15, 0.2) is 5.82 Å². The highest BCUT2D eigenvalue weighted by molar-refractivity contribution is 7.22. The van der Waals surface area contributed by atoms with Crippen molar-refractivity contribution in [1.82, 2.24) is 24.8 Å². The van der Waals surface area contributed by atoms with E-state index in [1.807, 2.05) is 13.0 Å². The first kappa shape index (κ1) is 21.2. The van der Waals surface area contributed by atoms with Crippen LogP contribution in [0.2, 0.25) is 0 Å². The van der Waals surface area contributed by atoms with Gasteiger partial charge in [0.2, 0.25) is 5.91 Å². The fourth-order valence-electron chi connectivity index (χ4n) is 4.24. The summed E-state index contributed by atoms with van der Waals surface area (Å²) >= 11 is 1.55. The Morgan fingerprint density at radius 1 is 1.27 bits per heavy atom. The van der Waals surface area contributed by atoms with Crippen LogP contribution in [0.25, 0.3) is 26.0 Å². The molecule has 33 heavy (non-hydrogen) atoms. The molecular weight excluding hydrogens is 442 g/mol. The molecule has 0 spiro atoms. The van der Waals surface area contributed by atoms with E-state index in [1.54, 1.807) is 29.4 Å². The summed E-state index contributed by atoms with van der Waals surface area (Å²) in [7, 11) is 1.65. The average molecular weight is 466 g/mol. The third kappa shape index (κ3) is 3.55. The Morgan fingerprint density at radius 2 is 2.09 bits per heavy atom. The summed E-state index contributed by atoms with van der Waals surface area (Å²) in [6.07, 6.45) is 1.32. The van der Waals surface area contributed by atoms with Crippen molar-refractivity contribution in [2.75, 3.05) is 32.5 Å². The summed E-state index contributed by atoms with van der Waals surface area (Å²) in [4.78, 5) is 31.8. The first-order chi connectivity index (χ1) is 15.9. The molecule has 0 saturated carbocycles. The number of hydrogen-bond donors (Lipinski definition) is 3. The molecule has 1 saturated heterocycles. The fourth-order valence-corrected chi connectivity index (χ4v) is 5.39. The highest BCUT2D eigenvalue weighted by Crippen LogP contribution is 2.42. The van der Waals surface area contributed by atoms with Crippen molar-refractivity contribution >= 4 is 44.6 Å². The van der Waals surface area contributed by atoms with Gasteiger partial charge >= 0.3 is 0 Å². The Hall–Kier alpha value is -3.70. The number of piperazine rings is 1. The number of nitrogens with two attached hydrogens (primary N) is 2. The van der Waals surface area contributed by atoms with Crippen LogP contribution in [0.5, 0.6) is 5.75 Å². The van der Waals surface area contributed by atoms with Crippen LogP contribution in [-0.4, -0.2) is 64.1 Å². The first-order valence-electron chi connectivity index (χ1n) is 10.4. The van der Waals surface area contributed by atoms with Gasteiger partial charge in [0, 0.05) is 30.1 Å². The number of rotatable bonds is 4. The van der Waals surface area contributed by atoms with Gasteiger partial charge in [0.25, 0.3) is 5.91 Å². The minimum atomic E-state index is -0.591. The number of carbonyl (C=O) groups is 2. The number of amides is 2. The highest BCUT2D eigenvalue weighted by Gasteiger charge is 2.30. The second-order valence-corrected chi connectivity index (χ2v) is 9.06. The maximum absolute atomic E-state index is 13.5. The Bertz CT molecular complexity index is 1410. The number of thiophene rings is 1. The zero-order chi connectivity index (χ0) is 23.3. The number of ether oxygens (including phenoxy) is 1. The van der Waals surface area contributed by atoms with Gasteiger partial charge in [-0.1, -0.05) is 6.07 Å². The quantitative estimate of drug-likeness (QED) is 0.414. The lowest BCUT2D eigenvalue weighted by Crippen LogP contribution is -2.57. The Balaban J connectivity index is 1.64. The number of aromatic nitrogens is 3. The van der Waals surface area contributed by atoms with Crippen LogP contribution in [0, 0.1) is 6.92 Å². The lowest BCUT2D eigenvalue weighted by molar-refractivity contribution is -0.120. The molecule has 4 aromatic rings. The third-order valence-corrected chi connectivity index (χ3v) is 7.02. The van der Waals surface area contributed by atoms with E-state index in [-0.39, 0.29) is 18.3 Å². The predicted octanol–water partition coefficient (Wildman–Crippen LogP) is 1.41. The molecule has 0 aliphatic carbocycles. The van der Waals surface area contributed by atoms with Crippen LogP contribution in [0.1, 0.15) is 16.1 Å². The molecule has 5 rings (SSSR count). The smallest absolute Gasteiger partial charge is 0.272 e. The lowest BCUT2D eigenvalue weighted by Gasteiger charge is -2.31. The topological polar surface area (TPSA) is 141 Å².